The Bertz CT molecular complexity index is 584. The van der Waals surface area contributed by atoms with E-state index in [0.717, 1.165) is 11.2 Å². The van der Waals surface area contributed by atoms with Crippen LogP contribution in [-0.4, -0.2) is 14.2 Å². The lowest BCUT2D eigenvalue weighted by Gasteiger charge is -2.24. The van der Waals surface area contributed by atoms with Crippen molar-refractivity contribution in [1.29, 1.82) is 0 Å². The molecule has 0 atom stereocenters. The minimum atomic E-state index is 0.504. The van der Waals surface area contributed by atoms with Gasteiger partial charge in [-0.1, -0.05) is 12.3 Å². The third-order valence-corrected chi connectivity index (χ3v) is 3.83. The smallest absolute Gasteiger partial charge is 0.141 e. The first kappa shape index (κ1) is 10.7. The molecular formula is C13H14ClN3. The van der Waals surface area contributed by atoms with Crippen molar-refractivity contribution >= 4 is 17.2 Å². The normalized spacial score (nSPS) is 16.0. The van der Waals surface area contributed by atoms with E-state index in [4.69, 9.17) is 18.0 Å². The number of aromatic nitrogens is 3. The number of rotatable bonds is 3. The van der Waals surface area contributed by atoms with Gasteiger partial charge in [0.25, 0.3) is 0 Å². The van der Waals surface area contributed by atoms with Crippen LogP contribution in [0.5, 0.6) is 0 Å². The Morgan fingerprint density at radius 1 is 1.47 bits per heavy atom. The third kappa shape index (κ3) is 1.56. The molecule has 0 spiro atoms. The Hall–Kier alpha value is -1.40. The van der Waals surface area contributed by atoms with Crippen LogP contribution in [-0.2, 0) is 12.4 Å². The minimum absolute atomic E-state index is 0.504. The van der Waals surface area contributed by atoms with E-state index in [1.54, 1.807) is 0 Å². The Morgan fingerprint density at radius 3 is 2.88 bits per heavy atom. The first-order valence-electron chi connectivity index (χ1n) is 5.90. The zero-order chi connectivity index (χ0) is 11.8. The van der Waals surface area contributed by atoms with Crippen LogP contribution in [0.25, 0.3) is 5.65 Å². The Morgan fingerprint density at radius 2 is 2.29 bits per heavy atom. The van der Waals surface area contributed by atoms with Crippen molar-refractivity contribution in [2.24, 2.45) is 0 Å². The molecular weight excluding hydrogens is 234 g/mol. The predicted octanol–water partition coefficient (Wildman–Crippen LogP) is 2.78. The number of terminal acetylenes is 1. The summed E-state index contributed by atoms with van der Waals surface area (Å²) >= 11 is 6.09. The molecule has 17 heavy (non-hydrogen) atoms. The molecule has 3 nitrogen and oxygen atoms in total. The topological polar surface area (TPSA) is 22.2 Å². The number of imidazole rings is 1. The molecule has 0 N–H and O–H groups in total. The third-order valence-electron chi connectivity index (χ3n) is 3.56. The number of nitrogens with zero attached hydrogens (tertiary/aromatic N) is 3. The summed E-state index contributed by atoms with van der Waals surface area (Å²) in [6.45, 7) is 0.566. The van der Waals surface area contributed by atoms with Gasteiger partial charge in [0.05, 0.1) is 18.1 Å². The monoisotopic (exact) mass is 247 g/mol. The Labute approximate surface area is 105 Å². The van der Waals surface area contributed by atoms with Crippen molar-refractivity contribution in [3.63, 3.8) is 0 Å². The summed E-state index contributed by atoms with van der Waals surface area (Å²) in [6.07, 6.45) is 13.1. The van der Waals surface area contributed by atoms with Crippen LogP contribution in [0.2, 0.25) is 0 Å². The molecule has 88 valence electrons. The lowest BCUT2D eigenvalue weighted by Crippen LogP contribution is -2.11. The van der Waals surface area contributed by atoms with Gasteiger partial charge in [0.15, 0.2) is 0 Å². The second kappa shape index (κ2) is 4.12. The van der Waals surface area contributed by atoms with Gasteiger partial charge in [-0.3, -0.25) is 0 Å². The molecule has 0 unspecified atom stereocenters. The van der Waals surface area contributed by atoms with Crippen molar-refractivity contribution in [3.05, 3.63) is 23.7 Å². The standard InChI is InChI=1S/C13H14ClN3/c1-2-6-16-7-8-17-13(16)11(9-14)12(15-17)10-4-3-5-10/h1,7-8,10H,3-6,9H2. The van der Waals surface area contributed by atoms with E-state index in [1.807, 2.05) is 21.5 Å². The second-order valence-corrected chi connectivity index (χ2v) is 4.79. The fourth-order valence-electron chi connectivity index (χ4n) is 2.46. The molecule has 3 rings (SSSR count). The van der Waals surface area contributed by atoms with Crippen molar-refractivity contribution in [2.75, 3.05) is 0 Å². The van der Waals surface area contributed by atoms with Gasteiger partial charge in [0, 0.05) is 23.9 Å². The van der Waals surface area contributed by atoms with Crippen molar-refractivity contribution in [1.82, 2.24) is 14.2 Å². The second-order valence-electron chi connectivity index (χ2n) is 4.52. The van der Waals surface area contributed by atoms with Crippen LogP contribution in [0.1, 0.15) is 36.4 Å². The van der Waals surface area contributed by atoms with Crippen molar-refractivity contribution in [3.8, 4) is 12.3 Å². The summed E-state index contributed by atoms with van der Waals surface area (Å²) in [6, 6.07) is 0. The van der Waals surface area contributed by atoms with Crippen molar-refractivity contribution < 1.29 is 0 Å². The summed E-state index contributed by atoms with van der Waals surface area (Å²) in [5.74, 6) is 3.76. The van der Waals surface area contributed by atoms with Gasteiger partial charge in [-0.2, -0.15) is 5.10 Å². The van der Waals surface area contributed by atoms with Gasteiger partial charge in [0.2, 0.25) is 0 Å². The van der Waals surface area contributed by atoms with E-state index < -0.39 is 0 Å². The maximum Gasteiger partial charge on any atom is 0.141 e. The fraction of sp³-hybridized carbons (Fsp3) is 0.462. The highest BCUT2D eigenvalue weighted by Crippen LogP contribution is 2.38. The van der Waals surface area contributed by atoms with Gasteiger partial charge in [-0.15, -0.1) is 18.0 Å². The molecule has 0 radical (unpaired) electrons. The minimum Gasteiger partial charge on any atom is -0.319 e. The molecule has 1 aliphatic carbocycles. The maximum atomic E-state index is 6.09. The van der Waals surface area contributed by atoms with Crippen LogP contribution in [0.4, 0.5) is 0 Å². The molecule has 1 fully saturated rings. The zero-order valence-electron chi connectivity index (χ0n) is 9.56. The summed E-state index contributed by atoms with van der Waals surface area (Å²) in [5, 5.41) is 4.65. The molecule has 4 heteroatoms. The molecule has 1 aliphatic rings. The number of halogens is 1. The van der Waals surface area contributed by atoms with E-state index in [1.165, 1.54) is 25.0 Å². The van der Waals surface area contributed by atoms with E-state index in [0.29, 0.717) is 18.3 Å². The number of fused-ring (bicyclic) bond motifs is 1. The molecule has 0 aromatic carbocycles. The average Bonchev–Trinajstić information content (AvgIpc) is 2.77. The molecule has 2 aromatic rings. The first-order chi connectivity index (χ1) is 8.35. The summed E-state index contributed by atoms with van der Waals surface area (Å²) < 4.78 is 3.94. The van der Waals surface area contributed by atoms with Crippen LogP contribution < -0.4 is 0 Å². The fourth-order valence-corrected chi connectivity index (χ4v) is 2.72. The summed E-state index contributed by atoms with van der Waals surface area (Å²) in [4.78, 5) is 0. The summed E-state index contributed by atoms with van der Waals surface area (Å²) in [5.41, 5.74) is 3.38. The quantitative estimate of drug-likeness (QED) is 0.604. The highest BCUT2D eigenvalue weighted by molar-refractivity contribution is 6.17. The average molecular weight is 248 g/mol. The molecule has 2 aromatic heterocycles. The summed E-state index contributed by atoms with van der Waals surface area (Å²) in [7, 11) is 0. The predicted molar refractivity (Wildman–Crippen MR) is 68.2 cm³/mol. The Balaban J connectivity index is 2.15. The highest BCUT2D eigenvalue weighted by Gasteiger charge is 2.27. The van der Waals surface area contributed by atoms with Gasteiger partial charge in [-0.05, 0) is 12.8 Å². The van der Waals surface area contributed by atoms with Crippen LogP contribution >= 0.6 is 11.6 Å². The van der Waals surface area contributed by atoms with Gasteiger partial charge in [0.1, 0.15) is 5.65 Å². The van der Waals surface area contributed by atoms with Crippen molar-refractivity contribution in [2.45, 2.75) is 37.6 Å². The molecule has 0 saturated heterocycles. The van der Waals surface area contributed by atoms with Gasteiger partial charge < -0.3 is 4.57 Å². The number of hydrogen-bond acceptors (Lipinski definition) is 1. The maximum absolute atomic E-state index is 6.09. The van der Waals surface area contributed by atoms with E-state index in [9.17, 15) is 0 Å². The van der Waals surface area contributed by atoms with Crippen LogP contribution in [0.3, 0.4) is 0 Å². The van der Waals surface area contributed by atoms with E-state index in [-0.39, 0.29) is 0 Å². The molecule has 1 saturated carbocycles. The molecule has 0 amide bonds. The highest BCUT2D eigenvalue weighted by atomic mass is 35.5. The van der Waals surface area contributed by atoms with Gasteiger partial charge >= 0.3 is 0 Å². The SMILES string of the molecule is C#CCn1ccn2nc(C3CCC3)c(CCl)c12. The number of alkyl halides is 1. The largest absolute Gasteiger partial charge is 0.319 e. The van der Waals surface area contributed by atoms with Gasteiger partial charge in [-0.25, -0.2) is 4.52 Å². The molecule has 0 aliphatic heterocycles. The Kier molecular flexibility index (Phi) is 2.60. The van der Waals surface area contributed by atoms with E-state index in [2.05, 4.69) is 11.0 Å². The van der Waals surface area contributed by atoms with Crippen LogP contribution in [0.15, 0.2) is 12.4 Å². The molecule has 2 heterocycles. The van der Waals surface area contributed by atoms with E-state index >= 15 is 0 Å². The lowest BCUT2D eigenvalue weighted by molar-refractivity contribution is 0.408. The lowest BCUT2D eigenvalue weighted by atomic mass is 9.82. The molecule has 0 bridgehead atoms. The number of hydrogen-bond donors (Lipinski definition) is 0. The van der Waals surface area contributed by atoms with Crippen LogP contribution in [0, 0.1) is 12.3 Å². The zero-order valence-corrected chi connectivity index (χ0v) is 10.3. The first-order valence-corrected chi connectivity index (χ1v) is 6.44.